The van der Waals surface area contributed by atoms with E-state index in [2.05, 4.69) is 17.4 Å². The molecular formula is C23H24N2O3S2. The standard InChI is InChI=1S/C23H24N2O3S2/c1-17-9-12-19(15-22(17)25(2)30(3,27)28)23(26)24-20-13-10-18(11-14-20)16-29-21-7-5-4-6-8-21/h4-15H,16H2,1-3H3,(H,24,26). The van der Waals surface area contributed by atoms with E-state index < -0.39 is 10.0 Å². The first-order chi connectivity index (χ1) is 14.2. The Morgan fingerprint density at radius 3 is 2.30 bits per heavy atom. The average Bonchev–Trinajstić information content (AvgIpc) is 2.73. The second-order valence-corrected chi connectivity index (χ2v) is 10.0. The van der Waals surface area contributed by atoms with Crippen LogP contribution in [-0.4, -0.2) is 27.6 Å². The van der Waals surface area contributed by atoms with E-state index in [9.17, 15) is 13.2 Å². The molecule has 156 valence electrons. The van der Waals surface area contributed by atoms with Gasteiger partial charge in [-0.2, -0.15) is 0 Å². The smallest absolute Gasteiger partial charge is 0.255 e. The van der Waals surface area contributed by atoms with Crippen LogP contribution in [0.3, 0.4) is 0 Å². The lowest BCUT2D eigenvalue weighted by Gasteiger charge is -2.19. The summed E-state index contributed by atoms with van der Waals surface area (Å²) in [6.07, 6.45) is 1.14. The Morgan fingerprint density at radius 2 is 1.67 bits per heavy atom. The molecule has 0 aliphatic carbocycles. The van der Waals surface area contributed by atoms with Gasteiger partial charge in [-0.25, -0.2) is 8.42 Å². The van der Waals surface area contributed by atoms with Crippen LogP contribution in [0.2, 0.25) is 0 Å². The van der Waals surface area contributed by atoms with Crippen LogP contribution in [0.15, 0.2) is 77.7 Å². The van der Waals surface area contributed by atoms with Crippen molar-refractivity contribution in [2.24, 2.45) is 0 Å². The van der Waals surface area contributed by atoms with E-state index in [0.29, 0.717) is 16.9 Å². The summed E-state index contributed by atoms with van der Waals surface area (Å²) < 4.78 is 24.9. The molecule has 30 heavy (non-hydrogen) atoms. The highest BCUT2D eigenvalue weighted by molar-refractivity contribution is 7.98. The van der Waals surface area contributed by atoms with Gasteiger partial charge in [-0.3, -0.25) is 9.10 Å². The van der Waals surface area contributed by atoms with E-state index in [-0.39, 0.29) is 5.91 Å². The van der Waals surface area contributed by atoms with Crippen molar-refractivity contribution in [1.82, 2.24) is 0 Å². The molecular weight excluding hydrogens is 416 g/mol. The van der Waals surface area contributed by atoms with Crippen molar-refractivity contribution < 1.29 is 13.2 Å². The number of nitrogens with zero attached hydrogens (tertiary/aromatic N) is 1. The maximum atomic E-state index is 12.7. The third-order valence-corrected chi connectivity index (χ3v) is 6.94. The molecule has 0 bridgehead atoms. The minimum absolute atomic E-state index is 0.287. The highest BCUT2D eigenvalue weighted by atomic mass is 32.2. The molecule has 3 aromatic rings. The number of aryl methyl sites for hydroxylation is 1. The quantitative estimate of drug-likeness (QED) is 0.529. The van der Waals surface area contributed by atoms with Gasteiger partial charge in [0.25, 0.3) is 5.91 Å². The Hall–Kier alpha value is -2.77. The number of thioether (sulfide) groups is 1. The van der Waals surface area contributed by atoms with E-state index >= 15 is 0 Å². The normalized spacial score (nSPS) is 11.2. The summed E-state index contributed by atoms with van der Waals surface area (Å²) in [6.45, 7) is 1.81. The lowest BCUT2D eigenvalue weighted by atomic mass is 10.1. The topological polar surface area (TPSA) is 66.5 Å². The molecule has 0 unspecified atom stereocenters. The summed E-state index contributed by atoms with van der Waals surface area (Å²) in [5.74, 6) is 0.557. The van der Waals surface area contributed by atoms with Crippen LogP contribution in [0.5, 0.6) is 0 Å². The molecule has 1 N–H and O–H groups in total. The lowest BCUT2D eigenvalue weighted by Crippen LogP contribution is -2.26. The molecule has 3 aromatic carbocycles. The third-order valence-electron chi connectivity index (χ3n) is 4.67. The van der Waals surface area contributed by atoms with Crippen molar-refractivity contribution in [2.75, 3.05) is 22.9 Å². The fourth-order valence-electron chi connectivity index (χ4n) is 2.84. The summed E-state index contributed by atoms with van der Waals surface area (Å²) >= 11 is 1.76. The van der Waals surface area contributed by atoms with Crippen LogP contribution in [0.25, 0.3) is 0 Å². The first-order valence-corrected chi connectivity index (χ1v) is 12.2. The van der Waals surface area contributed by atoms with Crippen molar-refractivity contribution in [3.8, 4) is 0 Å². The van der Waals surface area contributed by atoms with Crippen molar-refractivity contribution in [3.63, 3.8) is 0 Å². The molecule has 0 heterocycles. The largest absolute Gasteiger partial charge is 0.322 e. The van der Waals surface area contributed by atoms with Gasteiger partial charge in [0.15, 0.2) is 0 Å². The molecule has 7 heteroatoms. The Balaban J connectivity index is 1.67. The molecule has 0 saturated heterocycles. The first-order valence-electron chi connectivity index (χ1n) is 9.37. The fourth-order valence-corrected chi connectivity index (χ4v) is 4.27. The number of anilines is 2. The molecule has 0 aromatic heterocycles. The Labute approximate surface area is 182 Å². The maximum absolute atomic E-state index is 12.7. The molecule has 0 aliphatic heterocycles. The monoisotopic (exact) mass is 440 g/mol. The van der Waals surface area contributed by atoms with Gasteiger partial charge in [0.2, 0.25) is 10.0 Å². The zero-order valence-corrected chi connectivity index (χ0v) is 18.8. The summed E-state index contributed by atoms with van der Waals surface area (Å²) in [5.41, 5.74) is 3.51. The van der Waals surface area contributed by atoms with Gasteiger partial charge in [0.05, 0.1) is 11.9 Å². The van der Waals surface area contributed by atoms with Gasteiger partial charge in [0.1, 0.15) is 0 Å². The van der Waals surface area contributed by atoms with E-state index in [1.54, 1.807) is 30.0 Å². The summed E-state index contributed by atoms with van der Waals surface area (Å²) in [4.78, 5) is 13.9. The lowest BCUT2D eigenvalue weighted by molar-refractivity contribution is 0.102. The van der Waals surface area contributed by atoms with E-state index in [4.69, 9.17) is 0 Å². The number of hydrogen-bond acceptors (Lipinski definition) is 4. The number of hydrogen-bond donors (Lipinski definition) is 1. The minimum atomic E-state index is -3.41. The second kappa shape index (κ2) is 9.36. The van der Waals surface area contributed by atoms with Gasteiger partial charge in [-0.05, 0) is 54.4 Å². The third kappa shape index (κ3) is 5.64. The van der Waals surface area contributed by atoms with E-state index in [0.717, 1.165) is 23.1 Å². The fraction of sp³-hybridized carbons (Fsp3) is 0.174. The average molecular weight is 441 g/mol. The molecule has 5 nitrogen and oxygen atoms in total. The number of carbonyl (C=O) groups is 1. The van der Waals surface area contributed by atoms with Crippen LogP contribution < -0.4 is 9.62 Å². The van der Waals surface area contributed by atoms with E-state index in [1.807, 2.05) is 49.4 Å². The van der Waals surface area contributed by atoms with Crippen molar-refractivity contribution in [3.05, 3.63) is 89.5 Å². The van der Waals surface area contributed by atoms with Crippen LogP contribution in [0.4, 0.5) is 11.4 Å². The Morgan fingerprint density at radius 1 is 1.00 bits per heavy atom. The van der Waals surface area contributed by atoms with Crippen molar-refractivity contribution in [2.45, 2.75) is 17.6 Å². The number of nitrogens with one attached hydrogen (secondary N) is 1. The Kier molecular flexibility index (Phi) is 6.84. The summed E-state index contributed by atoms with van der Waals surface area (Å²) in [5, 5.41) is 2.87. The molecule has 0 fully saturated rings. The van der Waals surface area contributed by atoms with Crippen molar-refractivity contribution in [1.29, 1.82) is 0 Å². The molecule has 0 atom stereocenters. The molecule has 1 amide bonds. The predicted molar refractivity (Wildman–Crippen MR) is 125 cm³/mol. The van der Waals surface area contributed by atoms with Crippen LogP contribution in [0, 0.1) is 6.92 Å². The first kappa shape index (κ1) is 21.9. The van der Waals surface area contributed by atoms with Gasteiger partial charge in [-0.1, -0.05) is 36.4 Å². The van der Waals surface area contributed by atoms with Crippen LogP contribution >= 0.6 is 11.8 Å². The van der Waals surface area contributed by atoms with Gasteiger partial charge in [-0.15, -0.1) is 11.8 Å². The van der Waals surface area contributed by atoms with Crippen LogP contribution in [-0.2, 0) is 15.8 Å². The number of amides is 1. The minimum Gasteiger partial charge on any atom is -0.322 e. The number of sulfonamides is 1. The predicted octanol–water partition coefficient (Wildman–Crippen LogP) is 4.94. The second-order valence-electron chi connectivity index (χ2n) is 6.98. The van der Waals surface area contributed by atoms with Crippen molar-refractivity contribution >= 4 is 39.1 Å². The highest BCUT2D eigenvalue weighted by Crippen LogP contribution is 2.25. The van der Waals surface area contributed by atoms with Gasteiger partial charge >= 0.3 is 0 Å². The highest BCUT2D eigenvalue weighted by Gasteiger charge is 2.16. The van der Waals surface area contributed by atoms with Gasteiger partial charge < -0.3 is 5.32 Å². The summed E-state index contributed by atoms with van der Waals surface area (Å²) in [7, 11) is -1.93. The zero-order valence-electron chi connectivity index (χ0n) is 17.1. The number of rotatable bonds is 7. The van der Waals surface area contributed by atoms with Crippen LogP contribution in [0.1, 0.15) is 21.5 Å². The molecule has 0 radical (unpaired) electrons. The number of carbonyl (C=O) groups excluding carboxylic acids is 1. The zero-order chi connectivity index (χ0) is 21.7. The molecule has 3 rings (SSSR count). The summed E-state index contributed by atoms with van der Waals surface area (Å²) in [6, 6.07) is 22.9. The van der Waals surface area contributed by atoms with Gasteiger partial charge in [0, 0.05) is 28.9 Å². The van der Waals surface area contributed by atoms with E-state index in [1.165, 1.54) is 16.2 Å². The molecule has 0 aliphatic rings. The number of benzene rings is 3. The molecule has 0 spiro atoms. The molecule has 0 saturated carbocycles. The maximum Gasteiger partial charge on any atom is 0.255 e. The Bertz CT molecular complexity index is 1130. The SMILES string of the molecule is Cc1ccc(C(=O)Nc2ccc(CSc3ccccc3)cc2)cc1N(C)S(C)(=O)=O.